The fraction of sp³-hybridized carbons (Fsp3) is 0.308. The van der Waals surface area contributed by atoms with Crippen LogP contribution in [0.25, 0.3) is 0 Å². The molecule has 1 aromatic carbocycles. The number of nitrogens with two attached hydrogens (primary N) is 3. The third kappa shape index (κ3) is 4.77. The minimum Gasteiger partial charge on any atom is -0.465 e. The number of primary amides is 2. The molecule has 1 aromatic rings. The Morgan fingerprint density at radius 3 is 2.19 bits per heavy atom. The van der Waals surface area contributed by atoms with E-state index in [9.17, 15) is 14.4 Å². The van der Waals surface area contributed by atoms with Gasteiger partial charge in [-0.25, -0.2) is 4.79 Å². The molecule has 0 saturated carbocycles. The molecule has 6 N–H and O–H groups in total. The van der Waals surface area contributed by atoms with Gasteiger partial charge in [0.25, 0.3) is 0 Å². The van der Waals surface area contributed by atoms with Crippen molar-refractivity contribution in [2.75, 3.05) is 25.9 Å². The van der Waals surface area contributed by atoms with Crippen LogP contribution in [0.4, 0.5) is 5.69 Å². The van der Waals surface area contributed by atoms with E-state index < -0.39 is 17.8 Å². The molecule has 0 aliphatic carbocycles. The van der Waals surface area contributed by atoms with Crippen LogP contribution in [0.5, 0.6) is 0 Å². The lowest BCUT2D eigenvalue weighted by atomic mass is 10.0. The Balaban J connectivity index is 3.08. The monoisotopic (exact) mass is 294 g/mol. The van der Waals surface area contributed by atoms with Crippen molar-refractivity contribution in [3.8, 4) is 0 Å². The molecule has 8 nitrogen and oxygen atoms in total. The summed E-state index contributed by atoms with van der Waals surface area (Å²) in [5.41, 5.74) is 17.0. The first-order chi connectivity index (χ1) is 9.85. The molecule has 0 aliphatic heterocycles. The summed E-state index contributed by atoms with van der Waals surface area (Å²) in [6.45, 7) is -0.224. The van der Waals surface area contributed by atoms with Gasteiger partial charge in [-0.1, -0.05) is 12.1 Å². The molecule has 2 amide bonds. The van der Waals surface area contributed by atoms with Crippen molar-refractivity contribution < 1.29 is 19.1 Å². The van der Waals surface area contributed by atoms with Gasteiger partial charge in [-0.3, -0.25) is 14.5 Å². The second kappa shape index (κ2) is 7.25. The van der Waals surface area contributed by atoms with Crippen LogP contribution < -0.4 is 17.2 Å². The van der Waals surface area contributed by atoms with E-state index in [0.29, 0.717) is 5.56 Å². The molecular weight excluding hydrogens is 276 g/mol. The second-order valence-corrected chi connectivity index (χ2v) is 4.45. The topological polar surface area (TPSA) is 142 Å². The Morgan fingerprint density at radius 1 is 1.14 bits per heavy atom. The van der Waals surface area contributed by atoms with Crippen molar-refractivity contribution in [1.82, 2.24) is 4.90 Å². The lowest BCUT2D eigenvalue weighted by Gasteiger charge is -2.20. The zero-order valence-electron chi connectivity index (χ0n) is 11.7. The van der Waals surface area contributed by atoms with Crippen LogP contribution >= 0.6 is 0 Å². The van der Waals surface area contributed by atoms with E-state index in [0.717, 1.165) is 0 Å². The predicted molar refractivity (Wildman–Crippen MR) is 75.9 cm³/mol. The minimum absolute atomic E-state index is 0.112. The molecule has 114 valence electrons. The van der Waals surface area contributed by atoms with E-state index in [4.69, 9.17) is 17.2 Å². The molecular formula is C13H18N4O4. The third-order valence-electron chi connectivity index (χ3n) is 2.73. The number of anilines is 1. The van der Waals surface area contributed by atoms with Gasteiger partial charge < -0.3 is 21.9 Å². The normalized spacial score (nSPS) is 10.4. The number of methoxy groups -OCH3 is 1. The highest BCUT2D eigenvalue weighted by atomic mass is 16.5. The summed E-state index contributed by atoms with van der Waals surface area (Å²) in [5, 5.41) is 0. The third-order valence-corrected chi connectivity index (χ3v) is 2.73. The molecule has 1 rings (SSSR count). The van der Waals surface area contributed by atoms with Crippen LogP contribution in [0.1, 0.15) is 15.9 Å². The Hall–Kier alpha value is -2.61. The first kappa shape index (κ1) is 16.4. The molecule has 0 aliphatic rings. The maximum absolute atomic E-state index is 11.8. The van der Waals surface area contributed by atoms with Gasteiger partial charge in [0.1, 0.15) is 0 Å². The quantitative estimate of drug-likeness (QED) is 0.427. The van der Waals surface area contributed by atoms with Crippen molar-refractivity contribution in [1.29, 1.82) is 0 Å². The number of nitrogens with zero attached hydrogens (tertiary/aromatic N) is 1. The van der Waals surface area contributed by atoms with Gasteiger partial charge in [0.15, 0.2) is 0 Å². The van der Waals surface area contributed by atoms with Crippen molar-refractivity contribution in [3.05, 3.63) is 29.3 Å². The van der Waals surface area contributed by atoms with Gasteiger partial charge in [-0.05, 0) is 11.6 Å². The zero-order chi connectivity index (χ0) is 16.0. The lowest BCUT2D eigenvalue weighted by Crippen LogP contribution is -2.39. The average molecular weight is 294 g/mol. The summed E-state index contributed by atoms with van der Waals surface area (Å²) in [6.07, 6.45) is 0. The van der Waals surface area contributed by atoms with Gasteiger partial charge in [-0.2, -0.15) is 0 Å². The number of amides is 2. The molecule has 0 spiro atoms. The van der Waals surface area contributed by atoms with Gasteiger partial charge >= 0.3 is 5.97 Å². The highest BCUT2D eigenvalue weighted by molar-refractivity contribution is 5.96. The number of carbonyl (C=O) groups excluding carboxylic acids is 3. The van der Waals surface area contributed by atoms with E-state index in [1.165, 1.54) is 12.0 Å². The van der Waals surface area contributed by atoms with Crippen LogP contribution in [0, 0.1) is 0 Å². The number of hydrogen-bond acceptors (Lipinski definition) is 6. The Labute approximate surface area is 121 Å². The fourth-order valence-electron chi connectivity index (χ4n) is 1.95. The van der Waals surface area contributed by atoms with Crippen molar-refractivity contribution in [3.63, 3.8) is 0 Å². The summed E-state index contributed by atoms with van der Waals surface area (Å²) >= 11 is 0. The number of esters is 1. The molecule has 0 aromatic heterocycles. The molecule has 0 bridgehead atoms. The predicted octanol–water partition coefficient (Wildman–Crippen LogP) is -1.17. The molecule has 0 atom stereocenters. The fourth-order valence-corrected chi connectivity index (χ4v) is 1.95. The number of hydrogen-bond donors (Lipinski definition) is 3. The van der Waals surface area contributed by atoms with Crippen molar-refractivity contribution >= 4 is 23.5 Å². The van der Waals surface area contributed by atoms with Gasteiger partial charge in [0.05, 0.1) is 25.8 Å². The largest absolute Gasteiger partial charge is 0.465 e. The van der Waals surface area contributed by atoms with E-state index in [-0.39, 0.29) is 30.9 Å². The number of rotatable bonds is 7. The Kier molecular flexibility index (Phi) is 5.67. The van der Waals surface area contributed by atoms with Gasteiger partial charge in [-0.15, -0.1) is 0 Å². The van der Waals surface area contributed by atoms with Crippen LogP contribution in [0.3, 0.4) is 0 Å². The van der Waals surface area contributed by atoms with Crippen molar-refractivity contribution in [2.24, 2.45) is 11.5 Å². The summed E-state index contributed by atoms with van der Waals surface area (Å²) < 4.78 is 4.68. The average Bonchev–Trinajstić information content (AvgIpc) is 2.36. The lowest BCUT2D eigenvalue weighted by molar-refractivity contribution is -0.122. The Bertz CT molecular complexity index is 543. The molecule has 0 saturated heterocycles. The number of carbonyl (C=O) groups is 3. The van der Waals surface area contributed by atoms with Gasteiger partial charge in [0, 0.05) is 12.2 Å². The van der Waals surface area contributed by atoms with Gasteiger partial charge in [0.2, 0.25) is 11.8 Å². The summed E-state index contributed by atoms with van der Waals surface area (Å²) in [4.78, 5) is 35.3. The SMILES string of the molecule is COC(=O)c1c(N)cccc1CN(CC(N)=O)CC(N)=O. The molecule has 21 heavy (non-hydrogen) atoms. The smallest absolute Gasteiger partial charge is 0.340 e. The van der Waals surface area contributed by atoms with E-state index in [1.54, 1.807) is 18.2 Å². The zero-order valence-corrected chi connectivity index (χ0v) is 11.7. The summed E-state index contributed by atoms with van der Waals surface area (Å²) in [6, 6.07) is 4.86. The maximum Gasteiger partial charge on any atom is 0.340 e. The molecule has 0 fully saturated rings. The molecule has 0 heterocycles. The van der Waals surface area contributed by atoms with E-state index >= 15 is 0 Å². The summed E-state index contributed by atoms with van der Waals surface area (Å²) in [5.74, 6) is -1.82. The first-order valence-corrected chi connectivity index (χ1v) is 6.09. The van der Waals surface area contributed by atoms with Crippen LogP contribution in [-0.2, 0) is 20.9 Å². The number of benzene rings is 1. The second-order valence-electron chi connectivity index (χ2n) is 4.45. The summed E-state index contributed by atoms with van der Waals surface area (Å²) in [7, 11) is 1.24. The van der Waals surface area contributed by atoms with Crippen LogP contribution in [0.15, 0.2) is 18.2 Å². The van der Waals surface area contributed by atoms with E-state index in [2.05, 4.69) is 4.74 Å². The number of ether oxygens (including phenoxy) is 1. The standard InChI is InChI=1S/C13H18N4O4/c1-21-13(20)12-8(3-2-4-9(12)14)5-17(6-10(15)18)7-11(16)19/h2-4H,5-7,14H2,1H3,(H2,15,18)(H2,16,19). The van der Waals surface area contributed by atoms with E-state index in [1.807, 2.05) is 0 Å². The number of nitrogen functional groups attached to an aromatic ring is 1. The van der Waals surface area contributed by atoms with Crippen molar-refractivity contribution in [2.45, 2.75) is 6.54 Å². The maximum atomic E-state index is 11.8. The highest BCUT2D eigenvalue weighted by Gasteiger charge is 2.19. The molecule has 0 radical (unpaired) electrons. The minimum atomic E-state index is -0.611. The highest BCUT2D eigenvalue weighted by Crippen LogP contribution is 2.19. The molecule has 8 heteroatoms. The molecule has 0 unspecified atom stereocenters. The van der Waals surface area contributed by atoms with Crippen LogP contribution in [0.2, 0.25) is 0 Å². The first-order valence-electron chi connectivity index (χ1n) is 6.09. The Morgan fingerprint density at radius 2 is 1.71 bits per heavy atom. The van der Waals surface area contributed by atoms with Crippen LogP contribution in [-0.4, -0.2) is 42.9 Å².